The summed E-state index contributed by atoms with van der Waals surface area (Å²) in [5.41, 5.74) is 5.61. The monoisotopic (exact) mass is 498 g/mol. The molecule has 1 aliphatic carbocycles. The van der Waals surface area contributed by atoms with Gasteiger partial charge in [0.25, 0.3) is 0 Å². The largest absolute Gasteiger partial charge is 0.332 e. The lowest BCUT2D eigenvalue weighted by Gasteiger charge is -2.17. The van der Waals surface area contributed by atoms with Crippen molar-refractivity contribution in [2.75, 3.05) is 5.32 Å². The van der Waals surface area contributed by atoms with Gasteiger partial charge in [0.1, 0.15) is 11.1 Å². The molecule has 2 atom stereocenters. The van der Waals surface area contributed by atoms with Crippen LogP contribution in [-0.4, -0.2) is 21.1 Å². The number of aromatic amines is 1. The van der Waals surface area contributed by atoms with Gasteiger partial charge in [-0.15, -0.1) is 11.3 Å². The molecule has 0 bridgehead atoms. The minimum absolute atomic E-state index is 0.128. The van der Waals surface area contributed by atoms with Gasteiger partial charge in [0.15, 0.2) is 5.16 Å². The zero-order valence-electron chi connectivity index (χ0n) is 19.7. The third kappa shape index (κ3) is 4.90. The van der Waals surface area contributed by atoms with Crippen LogP contribution in [0.25, 0.3) is 22.5 Å². The van der Waals surface area contributed by atoms with E-state index in [0.717, 1.165) is 47.3 Å². The van der Waals surface area contributed by atoms with E-state index < -0.39 is 5.25 Å². The third-order valence-corrected chi connectivity index (χ3v) is 8.46. The van der Waals surface area contributed by atoms with Crippen molar-refractivity contribution in [1.82, 2.24) is 9.97 Å². The summed E-state index contributed by atoms with van der Waals surface area (Å²) in [7, 11) is 0. The van der Waals surface area contributed by atoms with E-state index in [1.165, 1.54) is 16.6 Å². The Morgan fingerprint density at radius 3 is 2.54 bits per heavy atom. The van der Waals surface area contributed by atoms with Crippen molar-refractivity contribution in [3.63, 3.8) is 0 Å². The molecule has 176 valence electrons. The predicted molar refractivity (Wildman–Crippen MR) is 144 cm³/mol. The van der Waals surface area contributed by atoms with Crippen LogP contribution < -0.4 is 5.32 Å². The quantitative estimate of drug-likeness (QED) is 0.283. The van der Waals surface area contributed by atoms with Crippen molar-refractivity contribution in [1.29, 1.82) is 5.26 Å². The summed E-state index contributed by atoms with van der Waals surface area (Å²) in [6, 6.07) is 22.5. The smallest absolute Gasteiger partial charge is 0.238 e. The fourth-order valence-electron chi connectivity index (χ4n) is 4.42. The van der Waals surface area contributed by atoms with Crippen LogP contribution in [0.2, 0.25) is 0 Å². The molecule has 1 aliphatic rings. The summed E-state index contributed by atoms with van der Waals surface area (Å²) < 4.78 is 0. The second kappa shape index (κ2) is 10.1. The number of nitrogens with one attached hydrogen (secondary N) is 2. The summed E-state index contributed by atoms with van der Waals surface area (Å²) in [4.78, 5) is 22.6. The summed E-state index contributed by atoms with van der Waals surface area (Å²) in [6.45, 7) is 4.11. The number of carbonyl (C=O) groups is 1. The van der Waals surface area contributed by atoms with E-state index >= 15 is 0 Å². The number of anilines is 1. The molecule has 0 aliphatic heterocycles. The van der Waals surface area contributed by atoms with Gasteiger partial charge in [-0.1, -0.05) is 79.3 Å². The molecule has 0 saturated heterocycles. The number of amides is 1. The Kier molecular flexibility index (Phi) is 6.76. The average Bonchev–Trinajstić information content (AvgIpc) is 3.45. The number of hydrogen-bond acceptors (Lipinski definition) is 5. The highest BCUT2D eigenvalue weighted by atomic mass is 32.2. The number of thiophene rings is 1. The van der Waals surface area contributed by atoms with Gasteiger partial charge in [-0.05, 0) is 37.7 Å². The Labute approximate surface area is 213 Å². The number of H-pyrrole nitrogens is 1. The summed E-state index contributed by atoms with van der Waals surface area (Å²) >= 11 is 2.94. The molecule has 4 aromatic rings. The molecule has 0 saturated carbocycles. The van der Waals surface area contributed by atoms with Gasteiger partial charge in [0.2, 0.25) is 5.91 Å². The van der Waals surface area contributed by atoms with Crippen LogP contribution >= 0.6 is 23.1 Å². The van der Waals surface area contributed by atoms with Crippen molar-refractivity contribution >= 4 is 34.0 Å². The second-order valence-corrected chi connectivity index (χ2v) is 11.3. The fourth-order valence-corrected chi connectivity index (χ4v) is 6.59. The maximum Gasteiger partial charge on any atom is 0.238 e. The lowest BCUT2D eigenvalue weighted by atomic mass is 9.89. The maximum absolute atomic E-state index is 13.1. The molecule has 5 nitrogen and oxygen atoms in total. The zero-order valence-corrected chi connectivity index (χ0v) is 21.3. The molecule has 0 spiro atoms. The van der Waals surface area contributed by atoms with Crippen LogP contribution in [0.1, 0.15) is 36.3 Å². The normalized spacial score (nSPS) is 15.7. The molecule has 7 heteroatoms. The van der Waals surface area contributed by atoms with Crippen molar-refractivity contribution in [3.05, 3.63) is 76.7 Å². The molecule has 0 fully saturated rings. The number of hydrogen-bond donors (Lipinski definition) is 2. The molecule has 1 amide bonds. The number of thioether (sulfide) groups is 1. The number of benzene rings is 2. The van der Waals surface area contributed by atoms with Gasteiger partial charge in [-0.25, -0.2) is 4.98 Å². The number of rotatable bonds is 6. The molecule has 35 heavy (non-hydrogen) atoms. The summed E-state index contributed by atoms with van der Waals surface area (Å²) in [6.07, 6.45) is 2.98. The van der Waals surface area contributed by atoms with Crippen LogP contribution in [0.3, 0.4) is 0 Å². The molecular formula is C28H26N4OS2. The summed E-state index contributed by atoms with van der Waals surface area (Å²) in [5, 5.41) is 13.8. The van der Waals surface area contributed by atoms with Gasteiger partial charge < -0.3 is 10.3 Å². The number of carbonyl (C=O) groups excluding carboxylic acids is 1. The highest BCUT2D eigenvalue weighted by Crippen LogP contribution is 2.40. The number of imidazole rings is 1. The van der Waals surface area contributed by atoms with Gasteiger partial charge in [-0.2, -0.15) is 5.26 Å². The van der Waals surface area contributed by atoms with Crippen molar-refractivity contribution in [2.24, 2.45) is 5.92 Å². The highest BCUT2D eigenvalue weighted by molar-refractivity contribution is 8.00. The molecule has 2 heterocycles. The number of aromatic nitrogens is 2. The van der Waals surface area contributed by atoms with E-state index in [4.69, 9.17) is 4.98 Å². The first-order chi connectivity index (χ1) is 17.0. The Morgan fingerprint density at radius 1 is 1.17 bits per heavy atom. The lowest BCUT2D eigenvalue weighted by Crippen LogP contribution is -2.22. The van der Waals surface area contributed by atoms with Gasteiger partial charge in [0.05, 0.1) is 22.2 Å². The van der Waals surface area contributed by atoms with Crippen molar-refractivity contribution in [2.45, 2.75) is 43.5 Å². The van der Waals surface area contributed by atoms with Gasteiger partial charge in [-0.3, -0.25) is 4.79 Å². The molecule has 2 aromatic carbocycles. The van der Waals surface area contributed by atoms with Crippen LogP contribution in [0.5, 0.6) is 0 Å². The van der Waals surface area contributed by atoms with E-state index in [9.17, 15) is 10.1 Å². The van der Waals surface area contributed by atoms with Crippen LogP contribution in [0, 0.1) is 17.2 Å². The first kappa shape index (κ1) is 23.4. The Bertz CT molecular complexity index is 1330. The Morgan fingerprint density at radius 2 is 1.86 bits per heavy atom. The van der Waals surface area contributed by atoms with Crippen LogP contribution in [0.4, 0.5) is 5.00 Å². The minimum atomic E-state index is -0.391. The van der Waals surface area contributed by atoms with E-state index in [-0.39, 0.29) is 5.91 Å². The Balaban J connectivity index is 1.38. The van der Waals surface area contributed by atoms with E-state index in [1.54, 1.807) is 11.3 Å². The average molecular weight is 499 g/mol. The molecule has 2 unspecified atom stereocenters. The topological polar surface area (TPSA) is 81.6 Å². The molecule has 2 aromatic heterocycles. The predicted octanol–water partition coefficient (Wildman–Crippen LogP) is 6.92. The lowest BCUT2D eigenvalue weighted by molar-refractivity contribution is -0.115. The fraction of sp³-hybridized carbons (Fsp3) is 0.250. The second-order valence-electron chi connectivity index (χ2n) is 8.91. The van der Waals surface area contributed by atoms with Crippen molar-refractivity contribution < 1.29 is 4.79 Å². The third-order valence-electron chi connectivity index (χ3n) is 6.31. The zero-order chi connectivity index (χ0) is 24.4. The minimum Gasteiger partial charge on any atom is -0.332 e. The first-order valence-corrected chi connectivity index (χ1v) is 13.5. The molecule has 5 rings (SSSR count). The number of nitrogens with zero attached hydrogens (tertiary/aromatic N) is 2. The van der Waals surface area contributed by atoms with Crippen LogP contribution in [-0.2, 0) is 17.6 Å². The maximum atomic E-state index is 13.1. The van der Waals surface area contributed by atoms with E-state index in [1.807, 2.05) is 67.6 Å². The van der Waals surface area contributed by atoms with Gasteiger partial charge >= 0.3 is 0 Å². The van der Waals surface area contributed by atoms with Crippen LogP contribution in [0.15, 0.2) is 65.8 Å². The Hall–Kier alpha value is -3.34. The number of nitriles is 1. The van der Waals surface area contributed by atoms with E-state index in [2.05, 4.69) is 23.3 Å². The number of fused-ring (bicyclic) bond motifs is 1. The summed E-state index contributed by atoms with van der Waals surface area (Å²) in [5.74, 6) is 0.486. The van der Waals surface area contributed by atoms with E-state index in [0.29, 0.717) is 21.6 Å². The molecule has 2 N–H and O–H groups in total. The first-order valence-electron chi connectivity index (χ1n) is 11.8. The molecule has 0 radical (unpaired) electrons. The molecular weight excluding hydrogens is 472 g/mol. The van der Waals surface area contributed by atoms with Gasteiger partial charge in [0, 0.05) is 16.0 Å². The highest BCUT2D eigenvalue weighted by Gasteiger charge is 2.26. The van der Waals surface area contributed by atoms with Crippen molar-refractivity contribution in [3.8, 4) is 28.6 Å². The standard InChI is InChI=1S/C28H26N4OS2/c1-17-13-14-21-22(16-29)27(35-23(21)15-17)32-26(33)18(2)34-28-30-24(19-9-5-3-6-10-19)25(31-28)20-11-7-4-8-12-20/h3-12,17-18H,13-15H2,1-2H3,(H,30,31)(H,32,33). The SMILES string of the molecule is CC1CCc2c(sc(NC(=O)C(C)Sc3nc(-c4ccccc4)c(-c4ccccc4)[nH]3)c2C#N)C1.